The van der Waals surface area contributed by atoms with Crippen LogP contribution in [0.25, 0.3) is 0 Å². The summed E-state index contributed by atoms with van der Waals surface area (Å²) in [6.07, 6.45) is 3.03. The van der Waals surface area contributed by atoms with Crippen molar-refractivity contribution in [3.8, 4) is 0 Å². The molecule has 3 aromatic rings. The number of hydrogen-bond donors (Lipinski definition) is 1. The lowest BCUT2D eigenvalue weighted by molar-refractivity contribution is -0.144. The lowest BCUT2D eigenvalue weighted by atomic mass is 10.2. The number of methoxy groups -OCH3 is 1. The molecule has 0 unspecified atom stereocenters. The van der Waals surface area contributed by atoms with E-state index in [2.05, 4.69) is 30.1 Å². The summed E-state index contributed by atoms with van der Waals surface area (Å²) in [5.74, 6) is 1.10. The fourth-order valence-corrected chi connectivity index (χ4v) is 6.14. The van der Waals surface area contributed by atoms with Crippen molar-refractivity contribution in [2.24, 2.45) is 0 Å². The molecule has 0 aliphatic carbocycles. The molecule has 4 rings (SSSR count). The maximum atomic E-state index is 12.9. The topological polar surface area (TPSA) is 137 Å². The van der Waals surface area contributed by atoms with E-state index in [1.165, 1.54) is 11.3 Å². The van der Waals surface area contributed by atoms with E-state index in [1.54, 1.807) is 19.4 Å². The molecule has 1 saturated heterocycles. The van der Waals surface area contributed by atoms with E-state index in [0.717, 1.165) is 48.3 Å². The second kappa shape index (κ2) is 21.1. The molecule has 1 fully saturated rings. The standard InChI is InChI=1S/C34H47ClN6O7S/c1-25-6-4-7-28(35)33(25)39-34(43)29-24-36-31(49-29)23-27-22-30(38-26(2)37-27)41-11-9-40(10-12-41)13-15-48-32(42)8-5-14-45-18-19-47-21-20-46-17-16-44-3/h4,6-7,22,24H,5,8-21,23H2,1-3H3,(H,39,43). The van der Waals surface area contributed by atoms with Crippen LogP contribution in [-0.4, -0.2) is 124 Å². The quantitative estimate of drug-likeness (QED) is 0.125. The van der Waals surface area contributed by atoms with Crippen LogP contribution in [0.2, 0.25) is 5.02 Å². The van der Waals surface area contributed by atoms with Gasteiger partial charge in [0.15, 0.2) is 0 Å². The molecule has 268 valence electrons. The van der Waals surface area contributed by atoms with Crippen molar-refractivity contribution in [2.45, 2.75) is 33.1 Å². The number of amides is 1. The van der Waals surface area contributed by atoms with E-state index in [1.807, 2.05) is 32.0 Å². The number of esters is 1. The van der Waals surface area contributed by atoms with E-state index in [0.29, 0.717) is 100 Å². The van der Waals surface area contributed by atoms with Gasteiger partial charge in [-0.3, -0.25) is 14.5 Å². The zero-order valence-corrected chi connectivity index (χ0v) is 30.2. The van der Waals surface area contributed by atoms with Gasteiger partial charge in [-0.05, 0) is 31.9 Å². The third-order valence-corrected chi connectivity index (χ3v) is 8.97. The fourth-order valence-electron chi connectivity index (χ4n) is 5.05. The molecule has 0 bridgehead atoms. The molecule has 13 nitrogen and oxygen atoms in total. The molecule has 1 aliphatic heterocycles. The Morgan fingerprint density at radius 2 is 1.65 bits per heavy atom. The Hall–Kier alpha value is -3.24. The van der Waals surface area contributed by atoms with Crippen LogP contribution in [-0.2, 0) is 34.9 Å². The first-order chi connectivity index (χ1) is 23.8. The number of aryl methyl sites for hydroxylation is 2. The van der Waals surface area contributed by atoms with E-state index < -0.39 is 0 Å². The summed E-state index contributed by atoms with van der Waals surface area (Å²) in [5, 5.41) is 4.19. The number of benzene rings is 1. The van der Waals surface area contributed by atoms with Gasteiger partial charge < -0.3 is 33.9 Å². The Kier molecular flexibility index (Phi) is 16.6. The van der Waals surface area contributed by atoms with Crippen molar-refractivity contribution in [3.63, 3.8) is 0 Å². The predicted molar refractivity (Wildman–Crippen MR) is 189 cm³/mol. The monoisotopic (exact) mass is 718 g/mol. The van der Waals surface area contributed by atoms with Gasteiger partial charge in [-0.1, -0.05) is 23.7 Å². The van der Waals surface area contributed by atoms with Crippen molar-refractivity contribution >= 4 is 46.3 Å². The highest BCUT2D eigenvalue weighted by molar-refractivity contribution is 7.13. The highest BCUT2D eigenvalue weighted by Gasteiger charge is 2.20. The summed E-state index contributed by atoms with van der Waals surface area (Å²) in [5.41, 5.74) is 2.34. The van der Waals surface area contributed by atoms with E-state index in [4.69, 9.17) is 35.3 Å². The summed E-state index contributed by atoms with van der Waals surface area (Å²) >= 11 is 7.62. The Morgan fingerprint density at radius 3 is 2.37 bits per heavy atom. The first-order valence-electron chi connectivity index (χ1n) is 16.5. The predicted octanol–water partition coefficient (Wildman–Crippen LogP) is 4.19. The molecule has 1 aromatic carbocycles. The number of aromatic nitrogens is 3. The Bertz CT molecular complexity index is 1450. The number of halogens is 1. The second-order valence-electron chi connectivity index (χ2n) is 11.4. The number of rotatable bonds is 21. The first kappa shape index (κ1) is 38.6. The summed E-state index contributed by atoms with van der Waals surface area (Å²) in [7, 11) is 1.64. The number of nitrogens with one attached hydrogen (secondary N) is 1. The van der Waals surface area contributed by atoms with Crippen molar-refractivity contribution in [1.29, 1.82) is 0 Å². The molecular weight excluding hydrogens is 672 g/mol. The molecular formula is C34H47ClN6O7S. The van der Waals surface area contributed by atoms with Crippen LogP contribution in [0.3, 0.4) is 0 Å². The maximum absolute atomic E-state index is 12.9. The van der Waals surface area contributed by atoms with Gasteiger partial charge in [-0.2, -0.15) is 0 Å². The zero-order valence-electron chi connectivity index (χ0n) is 28.6. The van der Waals surface area contributed by atoms with Crippen LogP contribution in [0, 0.1) is 13.8 Å². The van der Waals surface area contributed by atoms with Crippen molar-refractivity contribution in [1.82, 2.24) is 19.9 Å². The van der Waals surface area contributed by atoms with Gasteiger partial charge in [0.2, 0.25) is 0 Å². The number of carbonyl (C=O) groups is 2. The third kappa shape index (κ3) is 13.5. The molecule has 1 N–H and O–H groups in total. The Labute approximate surface area is 297 Å². The van der Waals surface area contributed by atoms with Crippen LogP contribution in [0.4, 0.5) is 11.5 Å². The van der Waals surface area contributed by atoms with Crippen LogP contribution in [0.5, 0.6) is 0 Å². The molecule has 2 aromatic heterocycles. The maximum Gasteiger partial charge on any atom is 0.305 e. The summed E-state index contributed by atoms with van der Waals surface area (Å²) < 4.78 is 26.6. The Morgan fingerprint density at radius 1 is 0.939 bits per heavy atom. The van der Waals surface area contributed by atoms with Crippen LogP contribution < -0.4 is 10.2 Å². The lowest BCUT2D eigenvalue weighted by Gasteiger charge is -2.35. The van der Waals surface area contributed by atoms with E-state index in [-0.39, 0.29) is 11.9 Å². The molecule has 1 aliphatic rings. The third-order valence-electron chi connectivity index (χ3n) is 7.66. The molecule has 3 heterocycles. The normalized spacial score (nSPS) is 13.5. The number of thiazole rings is 1. The van der Waals surface area contributed by atoms with Gasteiger partial charge in [0.1, 0.15) is 23.1 Å². The highest BCUT2D eigenvalue weighted by atomic mass is 35.5. The molecule has 0 atom stereocenters. The minimum absolute atomic E-state index is 0.209. The average molecular weight is 719 g/mol. The molecule has 15 heteroatoms. The number of nitrogens with zero attached hydrogens (tertiary/aromatic N) is 5. The zero-order chi connectivity index (χ0) is 34.8. The summed E-state index contributed by atoms with van der Waals surface area (Å²) in [6.45, 7) is 11.7. The summed E-state index contributed by atoms with van der Waals surface area (Å²) in [4.78, 5) is 43.8. The van der Waals surface area contributed by atoms with Gasteiger partial charge >= 0.3 is 5.97 Å². The molecule has 0 spiro atoms. The smallest absolute Gasteiger partial charge is 0.305 e. The second-order valence-corrected chi connectivity index (χ2v) is 13.0. The SMILES string of the molecule is COCCOCCOCCOCCCC(=O)OCCN1CCN(c2cc(Cc3ncc(C(=O)Nc4c(C)cccc4Cl)s3)nc(C)n2)CC1. The van der Waals surface area contributed by atoms with Crippen LogP contribution in [0.15, 0.2) is 30.5 Å². The van der Waals surface area contributed by atoms with E-state index >= 15 is 0 Å². The minimum Gasteiger partial charge on any atom is -0.464 e. The number of para-hydroxylation sites is 1. The summed E-state index contributed by atoms with van der Waals surface area (Å²) in [6, 6.07) is 7.49. The molecule has 49 heavy (non-hydrogen) atoms. The van der Waals surface area contributed by atoms with Crippen LogP contribution in [0.1, 0.15) is 44.6 Å². The first-order valence-corrected chi connectivity index (χ1v) is 17.7. The largest absolute Gasteiger partial charge is 0.464 e. The van der Waals surface area contributed by atoms with E-state index in [9.17, 15) is 9.59 Å². The average Bonchev–Trinajstić information content (AvgIpc) is 3.55. The number of hydrogen-bond acceptors (Lipinski definition) is 13. The lowest BCUT2D eigenvalue weighted by Crippen LogP contribution is -2.47. The molecule has 1 amide bonds. The minimum atomic E-state index is -0.244. The molecule has 0 saturated carbocycles. The van der Waals surface area contributed by atoms with Crippen molar-refractivity contribution in [3.05, 3.63) is 62.5 Å². The van der Waals surface area contributed by atoms with Crippen molar-refractivity contribution in [2.75, 3.05) is 103 Å². The number of anilines is 2. The Balaban J connectivity index is 1.10. The van der Waals surface area contributed by atoms with Gasteiger partial charge in [-0.15, -0.1) is 11.3 Å². The highest BCUT2D eigenvalue weighted by Crippen LogP contribution is 2.27. The van der Waals surface area contributed by atoms with Crippen LogP contribution >= 0.6 is 22.9 Å². The van der Waals surface area contributed by atoms with Gasteiger partial charge in [0, 0.05) is 65.3 Å². The van der Waals surface area contributed by atoms with Gasteiger partial charge in [0.05, 0.1) is 67.2 Å². The van der Waals surface area contributed by atoms with Crippen molar-refractivity contribution < 1.29 is 33.3 Å². The fraction of sp³-hybridized carbons (Fsp3) is 0.559. The molecule has 0 radical (unpaired) electrons. The number of carbonyl (C=O) groups excluding carboxylic acids is 2. The number of piperazine rings is 1. The van der Waals surface area contributed by atoms with Gasteiger partial charge in [-0.25, -0.2) is 15.0 Å². The number of ether oxygens (including phenoxy) is 5. The van der Waals surface area contributed by atoms with Gasteiger partial charge in [0.25, 0.3) is 5.91 Å².